The molecular weight excluding hydrogens is 240 g/mol. The third-order valence-electron chi connectivity index (χ3n) is 2.41. The van der Waals surface area contributed by atoms with E-state index in [0.29, 0.717) is 13.2 Å². The van der Waals surface area contributed by atoms with Crippen LogP contribution in [-0.2, 0) is 4.74 Å². The molecule has 5 heteroatoms. The summed E-state index contributed by atoms with van der Waals surface area (Å²) in [7, 11) is 1.52. The summed E-state index contributed by atoms with van der Waals surface area (Å²) < 4.78 is 31.7. The zero-order valence-corrected chi connectivity index (χ0v) is 10.7. The maximum atomic E-state index is 13.4. The van der Waals surface area contributed by atoms with Gasteiger partial charge in [0, 0.05) is 13.6 Å². The van der Waals surface area contributed by atoms with Crippen LogP contribution in [0.15, 0.2) is 18.2 Å². The average molecular weight is 257 g/mol. The molecule has 0 unspecified atom stereocenters. The fourth-order valence-corrected chi connectivity index (χ4v) is 1.40. The summed E-state index contributed by atoms with van der Waals surface area (Å²) >= 11 is 0. The van der Waals surface area contributed by atoms with Crippen LogP contribution < -0.4 is 0 Å². The van der Waals surface area contributed by atoms with Crippen LogP contribution in [0.3, 0.4) is 0 Å². The Morgan fingerprint density at radius 2 is 2.06 bits per heavy atom. The molecular formula is C13H17F2NO2. The molecule has 0 spiro atoms. The van der Waals surface area contributed by atoms with E-state index in [1.54, 1.807) is 0 Å². The monoisotopic (exact) mass is 257 g/mol. The van der Waals surface area contributed by atoms with E-state index in [0.717, 1.165) is 6.07 Å². The van der Waals surface area contributed by atoms with E-state index in [2.05, 4.69) is 0 Å². The number of hydrogen-bond acceptors (Lipinski definition) is 2. The molecule has 1 aromatic carbocycles. The highest BCUT2D eigenvalue weighted by Crippen LogP contribution is 2.13. The van der Waals surface area contributed by atoms with Crippen LogP contribution in [0.25, 0.3) is 0 Å². The van der Waals surface area contributed by atoms with Crippen LogP contribution in [-0.4, -0.2) is 37.1 Å². The quantitative estimate of drug-likeness (QED) is 0.811. The van der Waals surface area contributed by atoms with Gasteiger partial charge < -0.3 is 9.64 Å². The smallest absolute Gasteiger partial charge is 0.256 e. The van der Waals surface area contributed by atoms with E-state index >= 15 is 0 Å². The first-order chi connectivity index (χ1) is 8.43. The summed E-state index contributed by atoms with van der Waals surface area (Å²) in [4.78, 5) is 13.2. The molecule has 100 valence electrons. The molecule has 0 saturated heterocycles. The Bertz CT molecular complexity index is 421. The molecule has 0 aliphatic rings. The lowest BCUT2D eigenvalue weighted by molar-refractivity contribution is 0.0529. The van der Waals surface area contributed by atoms with Crippen LogP contribution in [0.1, 0.15) is 24.2 Å². The first-order valence-corrected chi connectivity index (χ1v) is 5.74. The van der Waals surface area contributed by atoms with Crippen molar-refractivity contribution in [2.75, 3.05) is 20.2 Å². The minimum atomic E-state index is -1.11. The second-order valence-corrected chi connectivity index (χ2v) is 4.25. The van der Waals surface area contributed by atoms with Crippen molar-refractivity contribution in [3.8, 4) is 0 Å². The van der Waals surface area contributed by atoms with Gasteiger partial charge in [-0.3, -0.25) is 4.79 Å². The number of likely N-dealkylation sites (N-methyl/N-ethyl adjacent to an activating group) is 1. The van der Waals surface area contributed by atoms with E-state index < -0.39 is 17.5 Å². The van der Waals surface area contributed by atoms with Crippen molar-refractivity contribution in [2.45, 2.75) is 20.0 Å². The molecule has 1 aromatic rings. The number of carbonyl (C=O) groups is 1. The molecule has 0 N–H and O–H groups in total. The molecule has 18 heavy (non-hydrogen) atoms. The van der Waals surface area contributed by atoms with Crippen molar-refractivity contribution in [3.05, 3.63) is 35.4 Å². The van der Waals surface area contributed by atoms with Crippen molar-refractivity contribution < 1.29 is 18.3 Å². The van der Waals surface area contributed by atoms with Crippen LogP contribution in [0.4, 0.5) is 8.78 Å². The van der Waals surface area contributed by atoms with Gasteiger partial charge in [0.05, 0.1) is 18.3 Å². The van der Waals surface area contributed by atoms with Gasteiger partial charge in [0.15, 0.2) is 11.6 Å². The highest BCUT2D eigenvalue weighted by Gasteiger charge is 2.18. The Morgan fingerprint density at radius 3 is 2.67 bits per heavy atom. The first-order valence-electron chi connectivity index (χ1n) is 5.74. The zero-order chi connectivity index (χ0) is 13.7. The van der Waals surface area contributed by atoms with Crippen LogP contribution >= 0.6 is 0 Å². The lowest BCUT2D eigenvalue weighted by Gasteiger charge is -2.18. The van der Waals surface area contributed by atoms with Crippen LogP contribution in [0, 0.1) is 11.6 Å². The molecule has 0 radical (unpaired) electrons. The van der Waals surface area contributed by atoms with Gasteiger partial charge in [0.2, 0.25) is 0 Å². The fourth-order valence-electron chi connectivity index (χ4n) is 1.40. The lowest BCUT2D eigenvalue weighted by atomic mass is 10.2. The Hall–Kier alpha value is -1.49. The molecule has 0 saturated carbocycles. The molecule has 0 atom stereocenters. The van der Waals surface area contributed by atoms with Gasteiger partial charge in [-0.15, -0.1) is 0 Å². The Morgan fingerprint density at radius 1 is 1.39 bits per heavy atom. The Balaban J connectivity index is 2.66. The molecule has 1 rings (SSSR count). The number of ether oxygens (including phenoxy) is 1. The Labute approximate surface area is 105 Å². The molecule has 0 aromatic heterocycles. The van der Waals surface area contributed by atoms with E-state index in [4.69, 9.17) is 4.74 Å². The number of carbonyl (C=O) groups excluding carboxylic acids is 1. The minimum Gasteiger partial charge on any atom is -0.377 e. The number of rotatable bonds is 5. The summed E-state index contributed by atoms with van der Waals surface area (Å²) in [5, 5.41) is 0. The van der Waals surface area contributed by atoms with E-state index in [1.807, 2.05) is 13.8 Å². The maximum absolute atomic E-state index is 13.4. The molecule has 3 nitrogen and oxygen atoms in total. The van der Waals surface area contributed by atoms with E-state index in [9.17, 15) is 13.6 Å². The SMILES string of the molecule is CC(C)OCCN(C)C(=O)c1cccc(F)c1F. The van der Waals surface area contributed by atoms with Crippen molar-refractivity contribution in [2.24, 2.45) is 0 Å². The highest BCUT2D eigenvalue weighted by atomic mass is 19.2. The normalized spacial score (nSPS) is 10.8. The van der Waals surface area contributed by atoms with Gasteiger partial charge in [-0.1, -0.05) is 6.07 Å². The van der Waals surface area contributed by atoms with E-state index in [1.165, 1.54) is 24.1 Å². The molecule has 1 amide bonds. The Kier molecular flexibility index (Phi) is 5.22. The van der Waals surface area contributed by atoms with Crippen LogP contribution in [0.5, 0.6) is 0 Å². The van der Waals surface area contributed by atoms with Gasteiger partial charge in [-0.05, 0) is 26.0 Å². The van der Waals surface area contributed by atoms with Gasteiger partial charge in [0.25, 0.3) is 5.91 Å². The zero-order valence-electron chi connectivity index (χ0n) is 10.7. The fraction of sp³-hybridized carbons (Fsp3) is 0.462. The van der Waals surface area contributed by atoms with Crippen LogP contribution in [0.2, 0.25) is 0 Å². The van der Waals surface area contributed by atoms with Crippen molar-refractivity contribution in [1.82, 2.24) is 4.90 Å². The molecule has 0 bridgehead atoms. The third kappa shape index (κ3) is 3.77. The predicted molar refractivity (Wildman–Crippen MR) is 64.4 cm³/mol. The van der Waals surface area contributed by atoms with Crippen molar-refractivity contribution in [3.63, 3.8) is 0 Å². The standard InChI is InChI=1S/C13H17F2NO2/c1-9(2)18-8-7-16(3)13(17)10-5-4-6-11(14)12(10)15/h4-6,9H,7-8H2,1-3H3. The summed E-state index contributed by atoms with van der Waals surface area (Å²) in [6.07, 6.45) is 0.0689. The second-order valence-electron chi connectivity index (χ2n) is 4.25. The maximum Gasteiger partial charge on any atom is 0.256 e. The van der Waals surface area contributed by atoms with Gasteiger partial charge in [-0.25, -0.2) is 8.78 Å². The number of nitrogens with zero attached hydrogens (tertiary/aromatic N) is 1. The largest absolute Gasteiger partial charge is 0.377 e. The minimum absolute atomic E-state index is 0.0689. The topological polar surface area (TPSA) is 29.5 Å². The average Bonchev–Trinajstić information content (AvgIpc) is 2.31. The molecule has 0 aliphatic heterocycles. The van der Waals surface area contributed by atoms with Gasteiger partial charge in [-0.2, -0.15) is 0 Å². The molecule has 0 fully saturated rings. The summed E-state index contributed by atoms with van der Waals surface area (Å²) in [5.41, 5.74) is -0.262. The summed E-state index contributed by atoms with van der Waals surface area (Å²) in [6.45, 7) is 4.45. The van der Waals surface area contributed by atoms with Gasteiger partial charge in [0.1, 0.15) is 0 Å². The molecule has 0 aliphatic carbocycles. The van der Waals surface area contributed by atoms with Gasteiger partial charge >= 0.3 is 0 Å². The van der Waals surface area contributed by atoms with Crippen molar-refractivity contribution in [1.29, 1.82) is 0 Å². The van der Waals surface area contributed by atoms with E-state index in [-0.39, 0.29) is 11.7 Å². The summed E-state index contributed by atoms with van der Waals surface area (Å²) in [5.74, 6) is -2.69. The molecule has 0 heterocycles. The predicted octanol–water partition coefficient (Wildman–Crippen LogP) is 2.46. The number of hydrogen-bond donors (Lipinski definition) is 0. The highest BCUT2D eigenvalue weighted by molar-refractivity contribution is 5.94. The second kappa shape index (κ2) is 6.44. The first kappa shape index (κ1) is 14.6. The lowest BCUT2D eigenvalue weighted by Crippen LogP contribution is -2.31. The number of halogens is 2. The summed E-state index contributed by atoms with van der Waals surface area (Å²) in [6, 6.07) is 3.55. The number of benzene rings is 1. The van der Waals surface area contributed by atoms with Crippen molar-refractivity contribution >= 4 is 5.91 Å². The third-order valence-corrected chi connectivity index (χ3v) is 2.41. The number of amides is 1.